The van der Waals surface area contributed by atoms with E-state index in [0.29, 0.717) is 13.0 Å². The minimum Gasteiger partial charge on any atom is -0.494 e. The normalized spacial score (nSPS) is 11.9. The van der Waals surface area contributed by atoms with Crippen LogP contribution in [-0.4, -0.2) is 25.1 Å². The molecule has 0 radical (unpaired) electrons. The van der Waals surface area contributed by atoms with E-state index in [-0.39, 0.29) is 11.9 Å². The molecule has 1 aromatic carbocycles. The number of carbonyl (C=O) groups is 1. The van der Waals surface area contributed by atoms with E-state index in [0.717, 1.165) is 37.2 Å². The fourth-order valence-electron chi connectivity index (χ4n) is 1.76. The summed E-state index contributed by atoms with van der Waals surface area (Å²) in [5.74, 6) is 0.967. The molecule has 112 valence electrons. The monoisotopic (exact) mass is 278 g/mol. The maximum Gasteiger partial charge on any atom is 0.220 e. The van der Waals surface area contributed by atoms with Gasteiger partial charge in [0, 0.05) is 19.0 Å². The van der Waals surface area contributed by atoms with E-state index in [4.69, 9.17) is 10.5 Å². The van der Waals surface area contributed by atoms with Gasteiger partial charge >= 0.3 is 0 Å². The number of rotatable bonds is 9. The molecule has 1 atom stereocenters. The van der Waals surface area contributed by atoms with Crippen LogP contribution in [0.1, 0.15) is 38.7 Å². The third kappa shape index (κ3) is 7.14. The lowest BCUT2D eigenvalue weighted by Crippen LogP contribution is -2.29. The number of benzene rings is 1. The van der Waals surface area contributed by atoms with Crippen LogP contribution in [0, 0.1) is 0 Å². The van der Waals surface area contributed by atoms with E-state index in [9.17, 15) is 4.79 Å². The number of nitrogens with one attached hydrogen (secondary N) is 1. The van der Waals surface area contributed by atoms with E-state index >= 15 is 0 Å². The molecule has 0 aliphatic rings. The van der Waals surface area contributed by atoms with Crippen molar-refractivity contribution in [3.8, 4) is 5.75 Å². The van der Waals surface area contributed by atoms with Crippen LogP contribution in [0.2, 0.25) is 0 Å². The number of aryl methyl sites for hydroxylation is 1. The van der Waals surface area contributed by atoms with Crippen molar-refractivity contribution in [2.75, 3.05) is 13.2 Å². The highest BCUT2D eigenvalue weighted by Crippen LogP contribution is 2.13. The van der Waals surface area contributed by atoms with Crippen molar-refractivity contribution in [2.45, 2.75) is 45.6 Å². The summed E-state index contributed by atoms with van der Waals surface area (Å²) < 4.78 is 5.52. The summed E-state index contributed by atoms with van der Waals surface area (Å²) in [6, 6.07) is 8.07. The molecule has 0 bridgehead atoms. The molecule has 0 aromatic heterocycles. The molecule has 0 spiro atoms. The van der Waals surface area contributed by atoms with Crippen LogP contribution in [0.25, 0.3) is 0 Å². The average molecular weight is 278 g/mol. The molecule has 4 nitrogen and oxygen atoms in total. The van der Waals surface area contributed by atoms with E-state index in [1.807, 2.05) is 31.2 Å². The summed E-state index contributed by atoms with van der Waals surface area (Å²) in [6.45, 7) is 5.41. The summed E-state index contributed by atoms with van der Waals surface area (Å²) in [4.78, 5) is 11.6. The summed E-state index contributed by atoms with van der Waals surface area (Å²) in [7, 11) is 0. The van der Waals surface area contributed by atoms with E-state index in [1.165, 1.54) is 0 Å². The molecule has 1 aromatic rings. The van der Waals surface area contributed by atoms with E-state index < -0.39 is 0 Å². The van der Waals surface area contributed by atoms with Crippen molar-refractivity contribution in [3.63, 3.8) is 0 Å². The predicted octanol–water partition coefficient (Wildman–Crippen LogP) is 2.26. The molecule has 0 aliphatic heterocycles. The van der Waals surface area contributed by atoms with Gasteiger partial charge in [0.15, 0.2) is 0 Å². The summed E-state index contributed by atoms with van der Waals surface area (Å²) >= 11 is 0. The Labute approximate surface area is 121 Å². The Balaban J connectivity index is 2.25. The molecule has 1 unspecified atom stereocenters. The second kappa shape index (κ2) is 9.37. The van der Waals surface area contributed by atoms with Crippen molar-refractivity contribution in [1.29, 1.82) is 0 Å². The standard InChI is InChI=1S/C16H26N2O2/c1-3-12-20-15-7-4-14(5-8-15)6-9-16(19)18-11-10-13(2)17/h4-5,7-8,13H,3,6,9-12,17H2,1-2H3,(H,18,19). The zero-order chi connectivity index (χ0) is 14.8. The first kappa shape index (κ1) is 16.5. The molecule has 0 fully saturated rings. The van der Waals surface area contributed by atoms with Gasteiger partial charge in [0.05, 0.1) is 6.61 Å². The Kier molecular flexibility index (Phi) is 7.73. The molecule has 0 saturated heterocycles. The predicted molar refractivity (Wildman–Crippen MR) is 81.8 cm³/mol. The van der Waals surface area contributed by atoms with Gasteiger partial charge in [0.25, 0.3) is 0 Å². The van der Waals surface area contributed by atoms with Crippen LogP contribution in [0.4, 0.5) is 0 Å². The summed E-state index contributed by atoms with van der Waals surface area (Å²) in [5, 5.41) is 2.88. The van der Waals surface area contributed by atoms with E-state index in [2.05, 4.69) is 12.2 Å². The lowest BCUT2D eigenvalue weighted by molar-refractivity contribution is -0.121. The maximum atomic E-state index is 11.6. The second-order valence-electron chi connectivity index (χ2n) is 5.11. The lowest BCUT2D eigenvalue weighted by Gasteiger charge is -2.08. The van der Waals surface area contributed by atoms with Gasteiger partial charge in [-0.2, -0.15) is 0 Å². The summed E-state index contributed by atoms with van der Waals surface area (Å²) in [5.41, 5.74) is 6.78. The smallest absolute Gasteiger partial charge is 0.220 e. The van der Waals surface area contributed by atoms with Gasteiger partial charge in [-0.05, 0) is 43.9 Å². The zero-order valence-corrected chi connectivity index (χ0v) is 12.5. The quantitative estimate of drug-likeness (QED) is 0.728. The van der Waals surface area contributed by atoms with E-state index in [1.54, 1.807) is 0 Å². The number of ether oxygens (including phenoxy) is 1. The Morgan fingerprint density at radius 1 is 1.35 bits per heavy atom. The highest BCUT2D eigenvalue weighted by Gasteiger charge is 2.03. The maximum absolute atomic E-state index is 11.6. The Morgan fingerprint density at radius 2 is 2.05 bits per heavy atom. The van der Waals surface area contributed by atoms with Crippen LogP contribution in [-0.2, 0) is 11.2 Å². The van der Waals surface area contributed by atoms with Crippen molar-refractivity contribution in [1.82, 2.24) is 5.32 Å². The Hall–Kier alpha value is -1.55. The first-order chi connectivity index (χ1) is 9.61. The first-order valence-electron chi connectivity index (χ1n) is 7.35. The van der Waals surface area contributed by atoms with Gasteiger partial charge in [-0.3, -0.25) is 4.79 Å². The van der Waals surface area contributed by atoms with Gasteiger partial charge in [-0.1, -0.05) is 19.1 Å². The molecule has 1 amide bonds. The minimum absolute atomic E-state index is 0.0805. The molecule has 1 rings (SSSR count). The molecule has 0 heterocycles. The minimum atomic E-state index is 0.0805. The largest absolute Gasteiger partial charge is 0.494 e. The molecule has 0 aliphatic carbocycles. The van der Waals surface area contributed by atoms with Crippen molar-refractivity contribution in [2.24, 2.45) is 5.73 Å². The van der Waals surface area contributed by atoms with Gasteiger partial charge in [-0.15, -0.1) is 0 Å². The number of nitrogens with two attached hydrogens (primary N) is 1. The van der Waals surface area contributed by atoms with Crippen molar-refractivity contribution in [3.05, 3.63) is 29.8 Å². The topological polar surface area (TPSA) is 64.3 Å². The molecule has 20 heavy (non-hydrogen) atoms. The number of carbonyl (C=O) groups excluding carboxylic acids is 1. The zero-order valence-electron chi connectivity index (χ0n) is 12.5. The van der Waals surface area contributed by atoms with Gasteiger partial charge < -0.3 is 15.8 Å². The van der Waals surface area contributed by atoms with Crippen LogP contribution < -0.4 is 15.8 Å². The Morgan fingerprint density at radius 3 is 2.65 bits per heavy atom. The number of hydrogen-bond donors (Lipinski definition) is 2. The third-order valence-electron chi connectivity index (χ3n) is 2.96. The highest BCUT2D eigenvalue weighted by atomic mass is 16.5. The molecule has 4 heteroatoms. The number of amides is 1. The van der Waals surface area contributed by atoms with Crippen LogP contribution in [0.15, 0.2) is 24.3 Å². The van der Waals surface area contributed by atoms with Gasteiger partial charge in [0.1, 0.15) is 5.75 Å². The molecular weight excluding hydrogens is 252 g/mol. The SMILES string of the molecule is CCCOc1ccc(CCC(=O)NCCC(C)N)cc1. The van der Waals surface area contributed by atoms with Crippen LogP contribution in [0.3, 0.4) is 0 Å². The van der Waals surface area contributed by atoms with Crippen molar-refractivity contribution >= 4 is 5.91 Å². The first-order valence-corrected chi connectivity index (χ1v) is 7.35. The van der Waals surface area contributed by atoms with Crippen molar-refractivity contribution < 1.29 is 9.53 Å². The van der Waals surface area contributed by atoms with Gasteiger partial charge in [-0.25, -0.2) is 0 Å². The molecule has 3 N–H and O–H groups in total. The summed E-state index contributed by atoms with van der Waals surface area (Å²) in [6.07, 6.45) is 3.07. The fourth-order valence-corrected chi connectivity index (χ4v) is 1.76. The third-order valence-corrected chi connectivity index (χ3v) is 2.96. The van der Waals surface area contributed by atoms with Gasteiger partial charge in [0.2, 0.25) is 5.91 Å². The fraction of sp³-hybridized carbons (Fsp3) is 0.562. The second-order valence-corrected chi connectivity index (χ2v) is 5.11. The lowest BCUT2D eigenvalue weighted by atomic mass is 10.1. The highest BCUT2D eigenvalue weighted by molar-refractivity contribution is 5.76. The van der Waals surface area contributed by atoms with Crippen LogP contribution >= 0.6 is 0 Å². The molecular formula is C16H26N2O2. The Bertz CT molecular complexity index is 388. The number of hydrogen-bond acceptors (Lipinski definition) is 3. The van der Waals surface area contributed by atoms with Crippen LogP contribution in [0.5, 0.6) is 5.75 Å². The molecule has 0 saturated carbocycles. The average Bonchev–Trinajstić information content (AvgIpc) is 2.43.